The summed E-state index contributed by atoms with van der Waals surface area (Å²) in [6.07, 6.45) is -0.436. The molecule has 1 atom stereocenters. The molecule has 1 unspecified atom stereocenters. The van der Waals surface area contributed by atoms with Crippen molar-refractivity contribution in [2.75, 3.05) is 6.61 Å². The Morgan fingerprint density at radius 3 is 2.53 bits per heavy atom. The van der Waals surface area contributed by atoms with Gasteiger partial charge in [-0.25, -0.2) is 0 Å². The van der Waals surface area contributed by atoms with Crippen molar-refractivity contribution in [1.82, 2.24) is 0 Å². The zero-order valence-corrected chi connectivity index (χ0v) is 10.9. The first-order valence-corrected chi connectivity index (χ1v) is 5.90. The monoisotopic (exact) mass is 272 g/mol. The van der Waals surface area contributed by atoms with Crippen LogP contribution in [0.25, 0.3) is 0 Å². The molecule has 0 heterocycles. The van der Waals surface area contributed by atoms with E-state index >= 15 is 0 Å². The van der Waals surface area contributed by atoms with E-state index in [0.29, 0.717) is 12.5 Å². The SMILES string of the molecule is CC(O)COc1ccc(Br)cc1C(C)C. The molecule has 0 radical (unpaired) electrons. The number of benzene rings is 1. The first-order valence-electron chi connectivity index (χ1n) is 5.11. The van der Waals surface area contributed by atoms with Gasteiger partial charge in [0.1, 0.15) is 12.4 Å². The summed E-state index contributed by atoms with van der Waals surface area (Å²) in [6.45, 7) is 6.29. The van der Waals surface area contributed by atoms with Gasteiger partial charge in [-0.2, -0.15) is 0 Å². The van der Waals surface area contributed by atoms with Gasteiger partial charge in [0.15, 0.2) is 0 Å². The highest BCUT2D eigenvalue weighted by molar-refractivity contribution is 9.10. The molecule has 0 aromatic heterocycles. The van der Waals surface area contributed by atoms with E-state index < -0.39 is 6.10 Å². The molecule has 15 heavy (non-hydrogen) atoms. The van der Waals surface area contributed by atoms with Crippen LogP contribution in [0.15, 0.2) is 22.7 Å². The van der Waals surface area contributed by atoms with E-state index in [-0.39, 0.29) is 0 Å². The summed E-state index contributed by atoms with van der Waals surface area (Å²) in [7, 11) is 0. The molecule has 0 fully saturated rings. The molecule has 1 N–H and O–H groups in total. The van der Waals surface area contributed by atoms with E-state index in [1.807, 2.05) is 12.1 Å². The van der Waals surface area contributed by atoms with Crippen LogP contribution in [0, 0.1) is 0 Å². The van der Waals surface area contributed by atoms with Crippen molar-refractivity contribution in [3.05, 3.63) is 28.2 Å². The summed E-state index contributed by atoms with van der Waals surface area (Å²) in [5.74, 6) is 1.26. The molecular weight excluding hydrogens is 256 g/mol. The van der Waals surface area contributed by atoms with Crippen molar-refractivity contribution in [3.63, 3.8) is 0 Å². The minimum Gasteiger partial charge on any atom is -0.491 e. The van der Waals surface area contributed by atoms with E-state index in [0.717, 1.165) is 15.8 Å². The van der Waals surface area contributed by atoms with Crippen LogP contribution in [-0.2, 0) is 0 Å². The Hall–Kier alpha value is -0.540. The standard InChI is InChI=1S/C12H17BrO2/c1-8(2)11-6-10(13)4-5-12(11)15-7-9(3)14/h4-6,8-9,14H,7H2,1-3H3. The molecule has 0 amide bonds. The van der Waals surface area contributed by atoms with Gasteiger partial charge in [-0.3, -0.25) is 0 Å². The van der Waals surface area contributed by atoms with E-state index in [4.69, 9.17) is 9.84 Å². The van der Waals surface area contributed by atoms with Crippen LogP contribution < -0.4 is 4.74 Å². The predicted molar refractivity (Wildman–Crippen MR) is 65.4 cm³/mol. The summed E-state index contributed by atoms with van der Waals surface area (Å²) in [5, 5.41) is 9.16. The number of ether oxygens (including phenoxy) is 1. The lowest BCUT2D eigenvalue weighted by Crippen LogP contribution is -2.13. The average Bonchev–Trinajstić information content (AvgIpc) is 2.15. The van der Waals surface area contributed by atoms with Crippen LogP contribution in [0.3, 0.4) is 0 Å². The molecule has 0 aliphatic carbocycles. The fourth-order valence-electron chi connectivity index (χ4n) is 1.31. The Balaban J connectivity index is 2.86. The molecular formula is C12H17BrO2. The number of aliphatic hydroxyl groups excluding tert-OH is 1. The van der Waals surface area contributed by atoms with Crippen LogP contribution >= 0.6 is 15.9 Å². The fourth-order valence-corrected chi connectivity index (χ4v) is 1.69. The quantitative estimate of drug-likeness (QED) is 0.911. The van der Waals surface area contributed by atoms with E-state index in [9.17, 15) is 0 Å². The average molecular weight is 273 g/mol. The highest BCUT2D eigenvalue weighted by Crippen LogP contribution is 2.29. The van der Waals surface area contributed by atoms with Crippen molar-refractivity contribution in [2.45, 2.75) is 32.8 Å². The Bertz CT molecular complexity index is 321. The summed E-state index contributed by atoms with van der Waals surface area (Å²) in [6, 6.07) is 5.94. The topological polar surface area (TPSA) is 29.5 Å². The maximum Gasteiger partial charge on any atom is 0.122 e. The van der Waals surface area contributed by atoms with Gasteiger partial charge in [-0.05, 0) is 36.6 Å². The zero-order chi connectivity index (χ0) is 11.4. The maximum atomic E-state index is 9.16. The molecule has 0 spiro atoms. The van der Waals surface area contributed by atoms with Gasteiger partial charge in [-0.15, -0.1) is 0 Å². The molecule has 1 rings (SSSR count). The lowest BCUT2D eigenvalue weighted by molar-refractivity contribution is 0.122. The molecule has 0 aliphatic rings. The molecule has 3 heteroatoms. The lowest BCUT2D eigenvalue weighted by Gasteiger charge is -2.15. The first-order chi connectivity index (χ1) is 7.00. The largest absolute Gasteiger partial charge is 0.491 e. The molecule has 84 valence electrons. The lowest BCUT2D eigenvalue weighted by atomic mass is 10.0. The van der Waals surface area contributed by atoms with Gasteiger partial charge >= 0.3 is 0 Å². The predicted octanol–water partition coefficient (Wildman–Crippen LogP) is 3.33. The Labute approximate surface area is 99.4 Å². The van der Waals surface area contributed by atoms with Crippen molar-refractivity contribution in [3.8, 4) is 5.75 Å². The van der Waals surface area contributed by atoms with Gasteiger partial charge in [0, 0.05) is 4.47 Å². The van der Waals surface area contributed by atoms with Crippen LogP contribution in [0.2, 0.25) is 0 Å². The van der Waals surface area contributed by atoms with Gasteiger partial charge in [0.05, 0.1) is 6.10 Å². The third-order valence-corrected chi connectivity index (χ3v) is 2.57. The molecule has 0 bridgehead atoms. The number of rotatable bonds is 4. The van der Waals surface area contributed by atoms with Gasteiger partial charge < -0.3 is 9.84 Å². The highest BCUT2D eigenvalue weighted by Gasteiger charge is 2.09. The second-order valence-corrected chi connectivity index (χ2v) is 4.91. The minimum atomic E-state index is -0.436. The minimum absolute atomic E-state index is 0.335. The van der Waals surface area contributed by atoms with Gasteiger partial charge in [-0.1, -0.05) is 29.8 Å². The summed E-state index contributed by atoms with van der Waals surface area (Å²) in [4.78, 5) is 0. The van der Waals surface area contributed by atoms with Gasteiger partial charge in [0.2, 0.25) is 0 Å². The van der Waals surface area contributed by atoms with Crippen LogP contribution in [-0.4, -0.2) is 17.8 Å². The zero-order valence-electron chi connectivity index (χ0n) is 9.33. The Morgan fingerprint density at radius 1 is 1.33 bits per heavy atom. The molecule has 0 saturated heterocycles. The Kier molecular flexibility index (Phi) is 4.61. The van der Waals surface area contributed by atoms with E-state index in [1.54, 1.807) is 6.92 Å². The first kappa shape index (κ1) is 12.5. The van der Waals surface area contributed by atoms with Crippen molar-refractivity contribution >= 4 is 15.9 Å². The van der Waals surface area contributed by atoms with E-state index in [2.05, 4.69) is 35.8 Å². The number of aliphatic hydroxyl groups is 1. The maximum absolute atomic E-state index is 9.16. The highest BCUT2D eigenvalue weighted by atomic mass is 79.9. The normalized spacial score (nSPS) is 12.9. The molecule has 1 aromatic rings. The van der Waals surface area contributed by atoms with Crippen molar-refractivity contribution < 1.29 is 9.84 Å². The van der Waals surface area contributed by atoms with Gasteiger partial charge in [0.25, 0.3) is 0 Å². The van der Waals surface area contributed by atoms with Crippen molar-refractivity contribution in [1.29, 1.82) is 0 Å². The number of hydrogen-bond donors (Lipinski definition) is 1. The van der Waals surface area contributed by atoms with Crippen LogP contribution in [0.1, 0.15) is 32.3 Å². The smallest absolute Gasteiger partial charge is 0.122 e. The molecule has 0 aliphatic heterocycles. The molecule has 2 nitrogen and oxygen atoms in total. The van der Waals surface area contributed by atoms with Crippen LogP contribution in [0.4, 0.5) is 0 Å². The van der Waals surface area contributed by atoms with E-state index in [1.165, 1.54) is 0 Å². The number of hydrogen-bond acceptors (Lipinski definition) is 2. The third kappa shape index (κ3) is 3.84. The third-order valence-electron chi connectivity index (χ3n) is 2.07. The van der Waals surface area contributed by atoms with Crippen molar-refractivity contribution in [2.24, 2.45) is 0 Å². The second-order valence-electron chi connectivity index (χ2n) is 4.00. The summed E-state index contributed by atoms with van der Waals surface area (Å²) >= 11 is 3.44. The van der Waals surface area contributed by atoms with Crippen LogP contribution in [0.5, 0.6) is 5.75 Å². The molecule has 1 aromatic carbocycles. The Morgan fingerprint density at radius 2 is 2.00 bits per heavy atom. The second kappa shape index (κ2) is 5.52. The summed E-state index contributed by atoms with van der Waals surface area (Å²) < 4.78 is 6.60. The molecule has 0 saturated carbocycles. The fraction of sp³-hybridized carbons (Fsp3) is 0.500. The number of halogens is 1. The summed E-state index contributed by atoms with van der Waals surface area (Å²) in [5.41, 5.74) is 1.16.